The summed E-state index contributed by atoms with van der Waals surface area (Å²) in [6.45, 7) is 10.9. The topological polar surface area (TPSA) is 88.3 Å². The van der Waals surface area contributed by atoms with Crippen molar-refractivity contribution >= 4 is 29.9 Å². The molecule has 1 atom stereocenters. The lowest BCUT2D eigenvalue weighted by molar-refractivity contribution is 0.188. The second-order valence-electron chi connectivity index (χ2n) is 6.99. The van der Waals surface area contributed by atoms with Crippen LogP contribution in [0.4, 0.5) is 0 Å². The van der Waals surface area contributed by atoms with Crippen molar-refractivity contribution in [2.24, 2.45) is 5.73 Å². The monoisotopic (exact) mass is 340 g/mol. The Kier molecular flexibility index (Phi) is 4.54. The standard InChI is InChI=1S/C15H24N2O3SSi/c1-15(2,3)22(4,5)20-11-7-6-9(10(18)8-16)13-12(11)17-14(19)21-13/h6-7,10,18H,8,16H2,1-5H3,(H,17,19)/t10-/m0/s1. The maximum atomic E-state index is 11.8. The van der Waals surface area contributed by atoms with Gasteiger partial charge in [-0.3, -0.25) is 4.79 Å². The smallest absolute Gasteiger partial charge is 0.305 e. The van der Waals surface area contributed by atoms with E-state index in [1.54, 1.807) is 6.07 Å². The molecule has 2 rings (SSSR count). The van der Waals surface area contributed by atoms with Crippen molar-refractivity contribution in [2.75, 3.05) is 6.54 Å². The van der Waals surface area contributed by atoms with Crippen molar-refractivity contribution < 1.29 is 9.53 Å². The molecule has 0 aliphatic carbocycles. The second-order valence-corrected chi connectivity index (χ2v) is 12.7. The number of benzene rings is 1. The summed E-state index contributed by atoms with van der Waals surface area (Å²) in [4.78, 5) is 14.4. The molecule has 0 spiro atoms. The minimum atomic E-state index is -2.01. The molecule has 0 radical (unpaired) electrons. The number of hydrogen-bond acceptors (Lipinski definition) is 5. The van der Waals surface area contributed by atoms with Crippen molar-refractivity contribution in [3.8, 4) is 5.75 Å². The third kappa shape index (κ3) is 3.12. The SMILES string of the molecule is CC(C)(C)[Si](C)(C)Oc1ccc([C@@H](O)CN)c2sc(=O)[nH]c12. The van der Waals surface area contributed by atoms with E-state index in [-0.39, 0.29) is 16.5 Å². The zero-order valence-corrected chi connectivity index (χ0v) is 15.5. The fraction of sp³-hybridized carbons (Fsp3) is 0.533. The average Bonchev–Trinajstić information content (AvgIpc) is 2.78. The van der Waals surface area contributed by atoms with Gasteiger partial charge < -0.3 is 20.3 Å². The summed E-state index contributed by atoms with van der Waals surface area (Å²) < 4.78 is 7.05. The fourth-order valence-corrected chi connectivity index (χ4v) is 3.87. The van der Waals surface area contributed by atoms with Gasteiger partial charge in [-0.25, -0.2) is 0 Å². The van der Waals surface area contributed by atoms with E-state index in [2.05, 4.69) is 38.8 Å². The minimum absolute atomic E-state index is 0.0606. The van der Waals surface area contributed by atoms with Crippen LogP contribution >= 0.6 is 11.3 Å². The molecule has 122 valence electrons. The number of thiazole rings is 1. The molecule has 1 aromatic heterocycles. The van der Waals surface area contributed by atoms with Gasteiger partial charge in [-0.2, -0.15) is 0 Å². The number of nitrogens with two attached hydrogens (primary N) is 1. The molecule has 0 saturated carbocycles. The van der Waals surface area contributed by atoms with E-state index in [4.69, 9.17) is 10.2 Å². The Hall–Kier alpha value is -1.15. The van der Waals surface area contributed by atoms with Crippen LogP contribution in [0.15, 0.2) is 16.9 Å². The van der Waals surface area contributed by atoms with Gasteiger partial charge in [0, 0.05) is 12.1 Å². The minimum Gasteiger partial charge on any atom is -0.542 e. The van der Waals surface area contributed by atoms with Crippen LogP contribution in [0.3, 0.4) is 0 Å². The van der Waals surface area contributed by atoms with E-state index in [1.165, 1.54) is 0 Å². The van der Waals surface area contributed by atoms with E-state index < -0.39 is 14.4 Å². The third-order valence-corrected chi connectivity index (χ3v) is 9.60. The summed E-state index contributed by atoms with van der Waals surface area (Å²) in [6, 6.07) is 3.62. The molecule has 1 aromatic carbocycles. The van der Waals surface area contributed by atoms with Gasteiger partial charge in [0.2, 0.25) is 0 Å². The number of rotatable bonds is 4. The Balaban J connectivity index is 2.56. The zero-order valence-electron chi connectivity index (χ0n) is 13.7. The van der Waals surface area contributed by atoms with Crippen LogP contribution in [0.1, 0.15) is 32.4 Å². The molecule has 5 nitrogen and oxygen atoms in total. The van der Waals surface area contributed by atoms with Crippen molar-refractivity contribution in [3.63, 3.8) is 0 Å². The van der Waals surface area contributed by atoms with Crippen LogP contribution in [0.2, 0.25) is 18.1 Å². The van der Waals surface area contributed by atoms with Crippen LogP contribution in [0, 0.1) is 0 Å². The van der Waals surface area contributed by atoms with Gasteiger partial charge in [-0.15, -0.1) is 0 Å². The lowest BCUT2D eigenvalue weighted by atomic mass is 10.1. The maximum Gasteiger partial charge on any atom is 0.305 e. The number of aliphatic hydroxyl groups is 1. The Morgan fingerprint density at radius 3 is 2.59 bits per heavy atom. The highest BCUT2D eigenvalue weighted by Crippen LogP contribution is 2.40. The molecular weight excluding hydrogens is 316 g/mol. The molecule has 7 heteroatoms. The molecule has 2 aromatic rings. The molecule has 1 heterocycles. The molecule has 0 aliphatic rings. The van der Waals surface area contributed by atoms with E-state index in [1.807, 2.05) is 6.07 Å². The molecular formula is C15H24N2O3SSi. The summed E-state index contributed by atoms with van der Waals surface area (Å²) in [5, 5.41) is 10.1. The summed E-state index contributed by atoms with van der Waals surface area (Å²) in [5.41, 5.74) is 6.87. The lowest BCUT2D eigenvalue weighted by Gasteiger charge is -2.36. The highest BCUT2D eigenvalue weighted by Gasteiger charge is 2.39. The van der Waals surface area contributed by atoms with E-state index in [9.17, 15) is 9.90 Å². The second kappa shape index (κ2) is 5.81. The number of fused-ring (bicyclic) bond motifs is 1. The Bertz CT molecular complexity index is 730. The molecule has 0 bridgehead atoms. The first-order valence-electron chi connectivity index (χ1n) is 7.29. The zero-order chi connectivity index (χ0) is 16.7. The summed E-state index contributed by atoms with van der Waals surface area (Å²) in [5.74, 6) is 0.674. The lowest BCUT2D eigenvalue weighted by Crippen LogP contribution is -2.43. The maximum absolute atomic E-state index is 11.8. The first-order chi connectivity index (χ1) is 10.1. The van der Waals surface area contributed by atoms with Gasteiger partial charge in [-0.1, -0.05) is 38.2 Å². The van der Waals surface area contributed by atoms with E-state index >= 15 is 0 Å². The van der Waals surface area contributed by atoms with E-state index in [0.29, 0.717) is 16.8 Å². The van der Waals surface area contributed by atoms with Crippen molar-refractivity contribution in [3.05, 3.63) is 27.4 Å². The van der Waals surface area contributed by atoms with Crippen molar-refractivity contribution in [2.45, 2.75) is 45.0 Å². The average molecular weight is 341 g/mol. The first kappa shape index (κ1) is 17.2. The summed E-state index contributed by atoms with van der Waals surface area (Å²) >= 11 is 1.08. The number of hydrogen-bond donors (Lipinski definition) is 3. The molecule has 0 unspecified atom stereocenters. The normalized spacial score (nSPS) is 14.3. The third-order valence-electron chi connectivity index (χ3n) is 4.33. The number of aromatic nitrogens is 1. The first-order valence-corrected chi connectivity index (χ1v) is 11.0. The molecule has 0 fully saturated rings. The van der Waals surface area contributed by atoms with Crippen molar-refractivity contribution in [1.29, 1.82) is 0 Å². The van der Waals surface area contributed by atoms with Gasteiger partial charge in [0.25, 0.3) is 8.32 Å². The van der Waals surface area contributed by atoms with Crippen LogP contribution in [-0.2, 0) is 0 Å². The highest BCUT2D eigenvalue weighted by atomic mass is 32.1. The van der Waals surface area contributed by atoms with Gasteiger partial charge >= 0.3 is 4.87 Å². The van der Waals surface area contributed by atoms with Crippen LogP contribution in [0.25, 0.3) is 10.2 Å². The Morgan fingerprint density at radius 1 is 1.41 bits per heavy atom. The number of nitrogens with one attached hydrogen (secondary N) is 1. The predicted molar refractivity (Wildman–Crippen MR) is 94.3 cm³/mol. The van der Waals surface area contributed by atoms with Gasteiger partial charge in [0.15, 0.2) is 0 Å². The van der Waals surface area contributed by atoms with E-state index in [0.717, 1.165) is 16.0 Å². The number of aliphatic hydroxyl groups excluding tert-OH is 1. The Labute approximate surface area is 135 Å². The predicted octanol–water partition coefficient (Wildman–Crippen LogP) is 2.97. The fourth-order valence-electron chi connectivity index (χ4n) is 1.93. The highest BCUT2D eigenvalue weighted by molar-refractivity contribution is 7.16. The summed E-state index contributed by atoms with van der Waals surface area (Å²) in [6.07, 6.45) is -0.782. The van der Waals surface area contributed by atoms with Gasteiger partial charge in [-0.05, 0) is 24.2 Å². The number of H-pyrrole nitrogens is 1. The quantitative estimate of drug-likeness (QED) is 0.747. The molecule has 4 N–H and O–H groups in total. The van der Waals surface area contributed by atoms with Gasteiger partial charge in [0.1, 0.15) is 11.3 Å². The molecule has 0 aliphatic heterocycles. The van der Waals surface area contributed by atoms with Crippen LogP contribution in [0.5, 0.6) is 5.75 Å². The Morgan fingerprint density at radius 2 is 2.05 bits per heavy atom. The summed E-state index contributed by atoms with van der Waals surface area (Å²) in [7, 11) is -2.01. The molecule has 0 amide bonds. The van der Waals surface area contributed by atoms with Crippen molar-refractivity contribution in [1.82, 2.24) is 4.98 Å². The van der Waals surface area contributed by atoms with Gasteiger partial charge in [0.05, 0.1) is 10.8 Å². The largest absolute Gasteiger partial charge is 0.542 e. The molecule has 0 saturated heterocycles. The number of aromatic amines is 1. The van der Waals surface area contributed by atoms with Crippen LogP contribution < -0.4 is 15.0 Å². The molecule has 22 heavy (non-hydrogen) atoms. The van der Waals surface area contributed by atoms with Crippen LogP contribution in [-0.4, -0.2) is 25.0 Å².